The third-order valence-corrected chi connectivity index (χ3v) is 3.32. The Morgan fingerprint density at radius 1 is 1.47 bits per heavy atom. The van der Waals surface area contributed by atoms with Crippen molar-refractivity contribution in [1.29, 1.82) is 0 Å². The van der Waals surface area contributed by atoms with Crippen LogP contribution in [0.4, 0.5) is 10.5 Å². The summed E-state index contributed by atoms with van der Waals surface area (Å²) >= 11 is 0. The molecule has 1 heterocycles. The van der Waals surface area contributed by atoms with Crippen LogP contribution in [0, 0.1) is 0 Å². The van der Waals surface area contributed by atoms with Crippen molar-refractivity contribution in [1.82, 2.24) is 0 Å². The Morgan fingerprint density at radius 2 is 2.16 bits per heavy atom. The number of ether oxygens (including phenoxy) is 1. The number of benzene rings is 1. The van der Waals surface area contributed by atoms with E-state index in [0.29, 0.717) is 17.5 Å². The number of carbonyl (C=O) groups is 3. The highest BCUT2D eigenvalue weighted by atomic mass is 16.5. The molecule has 0 radical (unpaired) electrons. The van der Waals surface area contributed by atoms with E-state index in [4.69, 9.17) is 4.74 Å². The normalized spacial score (nSPS) is 20.8. The highest BCUT2D eigenvalue weighted by Crippen LogP contribution is 2.41. The fraction of sp³-hybridized carbons (Fsp3) is 0.308. The maximum absolute atomic E-state index is 12.0. The van der Waals surface area contributed by atoms with Crippen LogP contribution >= 0.6 is 0 Å². The van der Waals surface area contributed by atoms with Crippen LogP contribution in [-0.2, 0) is 20.7 Å². The predicted octanol–water partition coefficient (Wildman–Crippen LogP) is 1.23. The van der Waals surface area contributed by atoms with E-state index in [1.165, 1.54) is 7.11 Å². The average Bonchev–Trinajstić information content (AvgIpc) is 2.73. The molecule has 6 nitrogen and oxygen atoms in total. The van der Waals surface area contributed by atoms with E-state index < -0.39 is 17.6 Å². The third kappa shape index (κ3) is 1.85. The van der Waals surface area contributed by atoms with E-state index in [-0.39, 0.29) is 12.8 Å². The molecule has 1 aromatic rings. The van der Waals surface area contributed by atoms with Gasteiger partial charge in [-0.25, -0.2) is 9.59 Å². The molecule has 1 unspecified atom stereocenters. The van der Waals surface area contributed by atoms with Gasteiger partial charge in [0.1, 0.15) is 6.29 Å². The van der Waals surface area contributed by atoms with Crippen molar-refractivity contribution in [3.8, 4) is 0 Å². The molecule has 19 heavy (non-hydrogen) atoms. The molecule has 0 spiro atoms. The third-order valence-electron chi connectivity index (χ3n) is 3.32. The van der Waals surface area contributed by atoms with E-state index in [2.05, 4.69) is 0 Å². The van der Waals surface area contributed by atoms with Crippen LogP contribution < -0.4 is 4.90 Å². The highest BCUT2D eigenvalue weighted by molar-refractivity contribution is 6.02. The average molecular weight is 263 g/mol. The number of amides is 1. The van der Waals surface area contributed by atoms with Crippen molar-refractivity contribution in [2.75, 3.05) is 12.0 Å². The molecule has 1 aliphatic rings. The van der Waals surface area contributed by atoms with Crippen molar-refractivity contribution in [3.05, 3.63) is 29.8 Å². The molecule has 0 aliphatic carbocycles. The summed E-state index contributed by atoms with van der Waals surface area (Å²) in [6.07, 6.45) is -0.836. The van der Waals surface area contributed by atoms with E-state index in [9.17, 15) is 19.5 Å². The lowest BCUT2D eigenvalue weighted by molar-refractivity contribution is -0.147. The second-order valence-electron chi connectivity index (χ2n) is 4.32. The molecule has 0 saturated carbocycles. The summed E-state index contributed by atoms with van der Waals surface area (Å²) in [6, 6.07) is 6.79. The van der Waals surface area contributed by atoms with Gasteiger partial charge in [-0.3, -0.25) is 4.90 Å². The summed E-state index contributed by atoms with van der Waals surface area (Å²) in [6.45, 7) is 0. The minimum atomic E-state index is -1.49. The minimum absolute atomic E-state index is 0.140. The van der Waals surface area contributed by atoms with Crippen LogP contribution in [0.25, 0.3) is 0 Å². The SMILES string of the molecule is COC(=O)C1(CC=O)Cc2ccccc2N1C(=O)O. The molecule has 1 amide bonds. The number of aldehydes is 1. The number of esters is 1. The lowest BCUT2D eigenvalue weighted by atomic mass is 9.91. The van der Waals surface area contributed by atoms with E-state index in [0.717, 1.165) is 4.90 Å². The molecule has 0 fully saturated rings. The number of hydrogen-bond acceptors (Lipinski definition) is 4. The Labute approximate surface area is 109 Å². The van der Waals surface area contributed by atoms with Crippen molar-refractivity contribution in [2.45, 2.75) is 18.4 Å². The second kappa shape index (κ2) is 4.72. The lowest BCUT2D eigenvalue weighted by Crippen LogP contribution is -2.56. The van der Waals surface area contributed by atoms with E-state index in [1.807, 2.05) is 0 Å². The van der Waals surface area contributed by atoms with Crippen molar-refractivity contribution < 1.29 is 24.2 Å². The molecule has 100 valence electrons. The van der Waals surface area contributed by atoms with Crippen LogP contribution in [0.2, 0.25) is 0 Å². The molecule has 0 saturated heterocycles. The van der Waals surface area contributed by atoms with Gasteiger partial charge in [-0.15, -0.1) is 0 Å². The predicted molar refractivity (Wildman–Crippen MR) is 66.1 cm³/mol. The zero-order chi connectivity index (χ0) is 14.0. The molecule has 6 heteroatoms. The number of rotatable bonds is 3. The summed E-state index contributed by atoms with van der Waals surface area (Å²) in [7, 11) is 1.18. The standard InChI is InChI=1S/C13H13NO5/c1-19-11(16)13(6-7-15)8-9-4-2-3-5-10(9)14(13)12(17)18/h2-5,7H,6,8H2,1H3,(H,17,18). The fourth-order valence-corrected chi connectivity index (χ4v) is 2.53. The molecule has 0 aromatic heterocycles. The van der Waals surface area contributed by atoms with Crippen molar-refractivity contribution >= 4 is 24.0 Å². The quantitative estimate of drug-likeness (QED) is 0.655. The monoisotopic (exact) mass is 263 g/mol. The number of anilines is 1. The van der Waals surface area contributed by atoms with Gasteiger partial charge >= 0.3 is 12.1 Å². The Kier molecular flexibility index (Phi) is 3.25. The maximum atomic E-state index is 12.0. The zero-order valence-electron chi connectivity index (χ0n) is 10.3. The van der Waals surface area contributed by atoms with Crippen LogP contribution in [0.1, 0.15) is 12.0 Å². The summed E-state index contributed by atoms with van der Waals surface area (Å²) in [5, 5.41) is 9.37. The fourth-order valence-electron chi connectivity index (χ4n) is 2.53. The number of para-hydroxylation sites is 1. The van der Waals surface area contributed by atoms with Crippen LogP contribution in [-0.4, -0.2) is 36.1 Å². The largest absolute Gasteiger partial charge is 0.467 e. The smallest absolute Gasteiger partial charge is 0.412 e. The van der Waals surface area contributed by atoms with Gasteiger partial charge in [0.05, 0.1) is 12.8 Å². The number of carboxylic acid groups (broad SMARTS) is 1. The van der Waals surface area contributed by atoms with Crippen LogP contribution in [0.5, 0.6) is 0 Å². The Morgan fingerprint density at radius 3 is 2.74 bits per heavy atom. The summed E-state index contributed by atoms with van der Waals surface area (Å²) in [4.78, 5) is 35.3. The topological polar surface area (TPSA) is 83.9 Å². The number of fused-ring (bicyclic) bond motifs is 1. The molecule has 1 atom stereocenters. The summed E-state index contributed by atoms with van der Waals surface area (Å²) in [5.41, 5.74) is -0.370. The van der Waals surface area contributed by atoms with Crippen molar-refractivity contribution in [3.63, 3.8) is 0 Å². The van der Waals surface area contributed by atoms with Crippen molar-refractivity contribution in [2.24, 2.45) is 0 Å². The van der Waals surface area contributed by atoms with Gasteiger partial charge in [-0.1, -0.05) is 18.2 Å². The zero-order valence-corrected chi connectivity index (χ0v) is 10.3. The summed E-state index contributed by atoms with van der Waals surface area (Å²) in [5.74, 6) is -0.724. The van der Waals surface area contributed by atoms with Crippen LogP contribution in [0.3, 0.4) is 0 Å². The first-order valence-corrected chi connectivity index (χ1v) is 5.70. The van der Waals surface area contributed by atoms with Gasteiger partial charge in [-0.2, -0.15) is 0 Å². The molecular formula is C13H13NO5. The van der Waals surface area contributed by atoms with Gasteiger partial charge in [0.2, 0.25) is 0 Å². The summed E-state index contributed by atoms with van der Waals surface area (Å²) < 4.78 is 4.70. The van der Waals surface area contributed by atoms with Gasteiger partial charge in [0.25, 0.3) is 0 Å². The minimum Gasteiger partial charge on any atom is -0.467 e. The molecule has 1 aliphatic heterocycles. The lowest BCUT2D eigenvalue weighted by Gasteiger charge is -2.32. The van der Waals surface area contributed by atoms with Gasteiger partial charge in [0.15, 0.2) is 5.54 Å². The Hall–Kier alpha value is -2.37. The van der Waals surface area contributed by atoms with Gasteiger partial charge < -0.3 is 14.6 Å². The van der Waals surface area contributed by atoms with Gasteiger partial charge in [-0.05, 0) is 11.6 Å². The molecule has 1 N–H and O–H groups in total. The second-order valence-corrected chi connectivity index (χ2v) is 4.32. The number of carbonyl (C=O) groups excluding carboxylic acids is 2. The molecule has 0 bridgehead atoms. The Balaban J connectivity index is 2.59. The van der Waals surface area contributed by atoms with Crippen LogP contribution in [0.15, 0.2) is 24.3 Å². The number of nitrogens with zero attached hydrogens (tertiary/aromatic N) is 1. The van der Waals surface area contributed by atoms with E-state index in [1.54, 1.807) is 24.3 Å². The first kappa shape index (κ1) is 13.1. The highest BCUT2D eigenvalue weighted by Gasteiger charge is 2.53. The number of hydrogen-bond donors (Lipinski definition) is 1. The first-order chi connectivity index (χ1) is 9.06. The molecule has 1 aromatic carbocycles. The molecular weight excluding hydrogens is 250 g/mol. The van der Waals surface area contributed by atoms with E-state index >= 15 is 0 Å². The number of methoxy groups -OCH3 is 1. The molecule has 2 rings (SSSR count). The Bertz CT molecular complexity index is 542. The maximum Gasteiger partial charge on any atom is 0.412 e. The first-order valence-electron chi connectivity index (χ1n) is 5.70. The van der Waals surface area contributed by atoms with Gasteiger partial charge in [0, 0.05) is 12.8 Å².